The van der Waals surface area contributed by atoms with Gasteiger partial charge < -0.3 is 9.88 Å². The molecule has 1 saturated carbocycles. The van der Waals surface area contributed by atoms with E-state index < -0.39 is 6.17 Å². The van der Waals surface area contributed by atoms with Gasteiger partial charge in [-0.05, 0) is 31.0 Å². The molecule has 0 spiro atoms. The summed E-state index contributed by atoms with van der Waals surface area (Å²) < 4.78 is 14.7. The molecule has 1 fully saturated rings. The third-order valence-corrected chi connectivity index (χ3v) is 3.59. The predicted molar refractivity (Wildman–Crippen MR) is 68.3 cm³/mol. The van der Waals surface area contributed by atoms with Crippen LogP contribution in [0.3, 0.4) is 0 Å². The molecule has 3 rings (SSSR count). The van der Waals surface area contributed by atoms with E-state index >= 15 is 0 Å². The van der Waals surface area contributed by atoms with Gasteiger partial charge in [-0.3, -0.25) is 4.79 Å². The Hall–Kier alpha value is -1.84. The van der Waals surface area contributed by atoms with Crippen LogP contribution >= 0.6 is 0 Å². The molecule has 1 aliphatic rings. The van der Waals surface area contributed by atoms with Crippen LogP contribution in [0.4, 0.5) is 4.39 Å². The second kappa shape index (κ2) is 4.12. The molecule has 2 aromatic rings. The van der Waals surface area contributed by atoms with Crippen LogP contribution in [-0.4, -0.2) is 22.7 Å². The first kappa shape index (κ1) is 11.3. The number of hydrogen-bond acceptors (Lipinski definition) is 1. The summed E-state index contributed by atoms with van der Waals surface area (Å²) in [5.74, 6) is -0.108. The number of aryl methyl sites for hydroxylation is 1. The fraction of sp³-hybridized carbons (Fsp3) is 0.357. The minimum atomic E-state index is -0.747. The van der Waals surface area contributed by atoms with Crippen LogP contribution in [0, 0.1) is 0 Å². The van der Waals surface area contributed by atoms with E-state index in [0.717, 1.165) is 10.9 Å². The number of nitrogens with one attached hydrogen (secondary N) is 1. The van der Waals surface area contributed by atoms with E-state index in [-0.39, 0.29) is 11.9 Å². The Balaban J connectivity index is 1.87. The zero-order valence-electron chi connectivity index (χ0n) is 10.2. The number of amides is 1. The van der Waals surface area contributed by atoms with Crippen LogP contribution < -0.4 is 5.32 Å². The Morgan fingerprint density at radius 3 is 2.89 bits per heavy atom. The zero-order chi connectivity index (χ0) is 12.7. The molecule has 0 unspecified atom stereocenters. The molecule has 1 aromatic carbocycles. The lowest BCUT2D eigenvalue weighted by Crippen LogP contribution is -2.45. The largest absolute Gasteiger partial charge is 0.351 e. The maximum atomic E-state index is 12.7. The number of halogens is 1. The van der Waals surface area contributed by atoms with Crippen molar-refractivity contribution in [3.05, 3.63) is 36.0 Å². The molecule has 3 nitrogen and oxygen atoms in total. The Morgan fingerprint density at radius 1 is 1.39 bits per heavy atom. The third-order valence-electron chi connectivity index (χ3n) is 3.59. The smallest absolute Gasteiger partial charge is 0.252 e. The van der Waals surface area contributed by atoms with Crippen molar-refractivity contribution in [2.75, 3.05) is 0 Å². The highest BCUT2D eigenvalue weighted by Gasteiger charge is 2.30. The van der Waals surface area contributed by atoms with E-state index in [1.165, 1.54) is 0 Å². The number of hydrogen-bond donors (Lipinski definition) is 1. The Labute approximate surface area is 105 Å². The number of carbonyl (C=O) groups is 1. The van der Waals surface area contributed by atoms with Crippen molar-refractivity contribution in [2.45, 2.75) is 25.1 Å². The highest BCUT2D eigenvalue weighted by Crippen LogP contribution is 2.24. The summed E-state index contributed by atoms with van der Waals surface area (Å²) >= 11 is 0. The molecule has 0 bridgehead atoms. The van der Waals surface area contributed by atoms with E-state index in [2.05, 4.69) is 5.32 Å². The second-order valence-electron chi connectivity index (χ2n) is 4.90. The summed E-state index contributed by atoms with van der Waals surface area (Å²) in [5, 5.41) is 3.81. The molecule has 94 valence electrons. The molecule has 4 heteroatoms. The molecule has 0 atom stereocenters. The summed E-state index contributed by atoms with van der Waals surface area (Å²) in [6.45, 7) is 0. The Kier molecular flexibility index (Phi) is 2.58. The number of fused-ring (bicyclic) bond motifs is 1. The number of rotatable bonds is 2. The van der Waals surface area contributed by atoms with E-state index in [0.29, 0.717) is 18.4 Å². The van der Waals surface area contributed by atoms with Gasteiger partial charge in [-0.15, -0.1) is 0 Å². The first-order chi connectivity index (χ1) is 8.65. The maximum absolute atomic E-state index is 12.7. The van der Waals surface area contributed by atoms with Crippen molar-refractivity contribution in [1.29, 1.82) is 0 Å². The van der Waals surface area contributed by atoms with Crippen molar-refractivity contribution in [3.63, 3.8) is 0 Å². The molecule has 1 amide bonds. The third kappa shape index (κ3) is 1.78. The van der Waals surface area contributed by atoms with Crippen molar-refractivity contribution in [1.82, 2.24) is 9.88 Å². The summed E-state index contributed by atoms with van der Waals surface area (Å²) in [6, 6.07) is 7.58. The normalized spacial score (nSPS) is 22.8. The van der Waals surface area contributed by atoms with Crippen LogP contribution in [-0.2, 0) is 7.05 Å². The number of aromatic nitrogens is 1. The van der Waals surface area contributed by atoms with Crippen LogP contribution in [0.25, 0.3) is 10.9 Å². The van der Waals surface area contributed by atoms with Gasteiger partial charge in [0.15, 0.2) is 0 Å². The van der Waals surface area contributed by atoms with E-state index in [4.69, 9.17) is 0 Å². The average Bonchev–Trinajstić information content (AvgIpc) is 2.69. The number of nitrogens with zero attached hydrogens (tertiary/aromatic N) is 1. The molecule has 0 saturated heterocycles. The lowest BCUT2D eigenvalue weighted by atomic mass is 9.90. The first-order valence-electron chi connectivity index (χ1n) is 6.14. The molecular weight excluding hydrogens is 231 g/mol. The zero-order valence-corrected chi connectivity index (χ0v) is 10.2. The lowest BCUT2D eigenvalue weighted by molar-refractivity contribution is 0.0862. The Morgan fingerprint density at radius 2 is 2.17 bits per heavy atom. The van der Waals surface area contributed by atoms with E-state index in [1.807, 2.05) is 42.1 Å². The van der Waals surface area contributed by atoms with Gasteiger partial charge in [0.2, 0.25) is 0 Å². The van der Waals surface area contributed by atoms with Crippen molar-refractivity contribution < 1.29 is 9.18 Å². The molecule has 1 aromatic heterocycles. The SMILES string of the molecule is Cn1ccc2c(C(=O)NC3CC(F)C3)cccc21. The van der Waals surface area contributed by atoms with Gasteiger partial charge in [-0.25, -0.2) is 4.39 Å². The minimum Gasteiger partial charge on any atom is -0.351 e. The first-order valence-corrected chi connectivity index (χ1v) is 6.14. The van der Waals surface area contributed by atoms with Crippen LogP contribution in [0.1, 0.15) is 23.2 Å². The minimum absolute atomic E-state index is 0.00790. The number of carbonyl (C=O) groups excluding carboxylic acids is 1. The van der Waals surface area contributed by atoms with Gasteiger partial charge in [0.1, 0.15) is 6.17 Å². The molecule has 0 radical (unpaired) electrons. The predicted octanol–water partition coefficient (Wildman–Crippen LogP) is 2.41. The summed E-state index contributed by atoms with van der Waals surface area (Å²) in [7, 11) is 1.95. The monoisotopic (exact) mass is 246 g/mol. The summed E-state index contributed by atoms with van der Waals surface area (Å²) in [4.78, 5) is 12.1. The van der Waals surface area contributed by atoms with Gasteiger partial charge in [-0.1, -0.05) is 6.07 Å². The van der Waals surface area contributed by atoms with Crippen molar-refractivity contribution in [2.24, 2.45) is 7.05 Å². The van der Waals surface area contributed by atoms with E-state index in [9.17, 15) is 9.18 Å². The molecule has 1 heterocycles. The van der Waals surface area contributed by atoms with Crippen molar-refractivity contribution >= 4 is 16.8 Å². The highest BCUT2D eigenvalue weighted by molar-refractivity contribution is 6.06. The second-order valence-corrected chi connectivity index (χ2v) is 4.90. The highest BCUT2D eigenvalue weighted by atomic mass is 19.1. The lowest BCUT2D eigenvalue weighted by Gasteiger charge is -2.30. The van der Waals surface area contributed by atoms with Gasteiger partial charge in [0.05, 0.1) is 0 Å². The topological polar surface area (TPSA) is 34.0 Å². The summed E-state index contributed by atoms with van der Waals surface area (Å²) in [5.41, 5.74) is 1.69. The van der Waals surface area contributed by atoms with Gasteiger partial charge >= 0.3 is 0 Å². The average molecular weight is 246 g/mol. The van der Waals surface area contributed by atoms with Gasteiger partial charge in [-0.2, -0.15) is 0 Å². The fourth-order valence-corrected chi connectivity index (χ4v) is 2.43. The van der Waals surface area contributed by atoms with Crippen LogP contribution in [0.5, 0.6) is 0 Å². The molecule has 1 aliphatic carbocycles. The van der Waals surface area contributed by atoms with Crippen molar-refractivity contribution in [3.8, 4) is 0 Å². The quantitative estimate of drug-likeness (QED) is 0.867. The standard InChI is InChI=1S/C14H15FN2O/c1-17-6-5-11-12(3-2-4-13(11)17)14(18)16-10-7-9(15)8-10/h2-6,9-10H,7-8H2,1H3,(H,16,18). The van der Waals surface area contributed by atoms with Gasteiger partial charge in [0.25, 0.3) is 5.91 Å². The van der Waals surface area contributed by atoms with Crippen LogP contribution in [0.15, 0.2) is 30.5 Å². The number of benzene rings is 1. The van der Waals surface area contributed by atoms with E-state index in [1.54, 1.807) is 0 Å². The Bertz CT molecular complexity index is 599. The molecule has 0 aliphatic heterocycles. The van der Waals surface area contributed by atoms with Crippen LogP contribution in [0.2, 0.25) is 0 Å². The maximum Gasteiger partial charge on any atom is 0.252 e. The molecule has 18 heavy (non-hydrogen) atoms. The fourth-order valence-electron chi connectivity index (χ4n) is 2.43. The molecule has 1 N–H and O–H groups in total. The summed E-state index contributed by atoms with van der Waals surface area (Å²) in [6.07, 6.45) is 2.07. The van der Waals surface area contributed by atoms with Gasteiger partial charge in [0, 0.05) is 35.8 Å². The molecular formula is C14H15FN2O. The number of alkyl halides is 1.